The molecule has 1 aromatic heterocycles. The van der Waals surface area contributed by atoms with Crippen LogP contribution in [0.5, 0.6) is 0 Å². The van der Waals surface area contributed by atoms with Crippen molar-refractivity contribution in [1.29, 1.82) is 0 Å². The van der Waals surface area contributed by atoms with Gasteiger partial charge in [-0.3, -0.25) is 4.90 Å². The van der Waals surface area contributed by atoms with E-state index in [1.807, 2.05) is 30.3 Å². The molecular formula is C15H19N3O2. The average Bonchev–Trinajstić information content (AvgIpc) is 2.87. The average molecular weight is 273 g/mol. The molecule has 1 N–H and O–H groups in total. The lowest BCUT2D eigenvalue weighted by atomic mass is 10.1. The van der Waals surface area contributed by atoms with Gasteiger partial charge in [-0.2, -0.15) is 0 Å². The van der Waals surface area contributed by atoms with Crippen molar-refractivity contribution in [3.63, 3.8) is 0 Å². The molecule has 1 aromatic carbocycles. The number of likely N-dealkylation sites (tertiary alicyclic amines) is 1. The Hall–Kier alpha value is -1.72. The third-order valence-corrected chi connectivity index (χ3v) is 3.55. The van der Waals surface area contributed by atoms with Crippen LogP contribution in [0.1, 0.15) is 30.2 Å². The molecule has 1 atom stereocenters. The highest BCUT2D eigenvalue weighted by molar-refractivity contribution is 5.17. The van der Waals surface area contributed by atoms with Crippen molar-refractivity contribution in [2.24, 2.45) is 0 Å². The predicted octanol–water partition coefficient (Wildman–Crippen LogP) is 1.62. The van der Waals surface area contributed by atoms with Crippen LogP contribution in [0.3, 0.4) is 0 Å². The first-order chi connectivity index (χ1) is 9.79. The van der Waals surface area contributed by atoms with E-state index in [1.165, 1.54) is 0 Å². The SMILES string of the molecule is O[C@@H]1CCCN(Cc2nnc(Cc3ccccc3)o2)C1. The Kier molecular flexibility index (Phi) is 4.08. The fraction of sp³-hybridized carbons (Fsp3) is 0.467. The number of rotatable bonds is 4. The lowest BCUT2D eigenvalue weighted by Gasteiger charge is -2.28. The number of aliphatic hydroxyl groups is 1. The molecule has 0 spiro atoms. The predicted molar refractivity (Wildman–Crippen MR) is 74.1 cm³/mol. The van der Waals surface area contributed by atoms with E-state index in [0.29, 0.717) is 31.3 Å². The first-order valence-corrected chi connectivity index (χ1v) is 7.05. The number of aromatic nitrogens is 2. The van der Waals surface area contributed by atoms with Crippen molar-refractivity contribution < 1.29 is 9.52 Å². The van der Waals surface area contributed by atoms with Crippen molar-refractivity contribution in [3.05, 3.63) is 47.7 Å². The molecule has 0 aliphatic carbocycles. The van der Waals surface area contributed by atoms with Crippen molar-refractivity contribution in [3.8, 4) is 0 Å². The number of β-amino-alcohol motifs (C(OH)–C–C–N with tert-alkyl or cyclic N) is 1. The molecule has 5 heteroatoms. The highest BCUT2D eigenvalue weighted by atomic mass is 16.4. The van der Waals surface area contributed by atoms with E-state index < -0.39 is 0 Å². The van der Waals surface area contributed by atoms with Crippen molar-refractivity contribution in [2.45, 2.75) is 31.9 Å². The Morgan fingerprint density at radius 2 is 2.00 bits per heavy atom. The molecule has 0 unspecified atom stereocenters. The smallest absolute Gasteiger partial charge is 0.230 e. The summed E-state index contributed by atoms with van der Waals surface area (Å²) in [5.74, 6) is 1.27. The van der Waals surface area contributed by atoms with E-state index in [0.717, 1.165) is 24.9 Å². The molecule has 0 radical (unpaired) electrons. The van der Waals surface area contributed by atoms with Crippen LogP contribution in [0, 0.1) is 0 Å². The summed E-state index contributed by atoms with van der Waals surface area (Å²) in [6, 6.07) is 10.1. The maximum Gasteiger partial charge on any atom is 0.230 e. The lowest BCUT2D eigenvalue weighted by molar-refractivity contribution is 0.0622. The maximum atomic E-state index is 9.65. The van der Waals surface area contributed by atoms with Gasteiger partial charge in [0.1, 0.15) is 0 Å². The molecule has 1 aliphatic heterocycles. The molecule has 1 aliphatic rings. The van der Waals surface area contributed by atoms with Crippen LogP contribution in [-0.2, 0) is 13.0 Å². The third kappa shape index (κ3) is 3.43. The fourth-order valence-electron chi connectivity index (χ4n) is 2.56. The zero-order valence-electron chi connectivity index (χ0n) is 11.4. The summed E-state index contributed by atoms with van der Waals surface area (Å²) in [4.78, 5) is 2.16. The Morgan fingerprint density at radius 3 is 2.80 bits per heavy atom. The van der Waals surface area contributed by atoms with Crippen molar-refractivity contribution in [2.75, 3.05) is 13.1 Å². The molecule has 3 rings (SSSR count). The molecule has 20 heavy (non-hydrogen) atoms. The Morgan fingerprint density at radius 1 is 1.20 bits per heavy atom. The summed E-state index contributed by atoms with van der Waals surface area (Å²) in [6.45, 7) is 2.29. The molecule has 106 valence electrons. The molecule has 2 aromatic rings. The number of piperidine rings is 1. The van der Waals surface area contributed by atoms with Crippen LogP contribution >= 0.6 is 0 Å². The number of nitrogens with zero attached hydrogens (tertiary/aromatic N) is 3. The fourth-order valence-corrected chi connectivity index (χ4v) is 2.56. The quantitative estimate of drug-likeness (QED) is 0.917. The number of benzene rings is 1. The van der Waals surface area contributed by atoms with Crippen LogP contribution in [0.4, 0.5) is 0 Å². The van der Waals surface area contributed by atoms with Gasteiger partial charge in [-0.05, 0) is 24.9 Å². The standard InChI is InChI=1S/C15H19N3O2/c19-13-7-4-8-18(10-13)11-15-17-16-14(20-15)9-12-5-2-1-3-6-12/h1-3,5-6,13,19H,4,7-11H2/t13-/m1/s1. The van der Waals surface area contributed by atoms with Crippen LogP contribution < -0.4 is 0 Å². The molecule has 0 saturated carbocycles. The van der Waals surface area contributed by atoms with Gasteiger partial charge in [0.25, 0.3) is 0 Å². The first-order valence-electron chi connectivity index (χ1n) is 7.05. The van der Waals surface area contributed by atoms with E-state index in [1.54, 1.807) is 0 Å². The second-order valence-corrected chi connectivity index (χ2v) is 5.28. The van der Waals surface area contributed by atoms with E-state index >= 15 is 0 Å². The Bertz CT molecular complexity index is 541. The monoisotopic (exact) mass is 273 g/mol. The van der Waals surface area contributed by atoms with Gasteiger partial charge >= 0.3 is 0 Å². The number of aliphatic hydroxyl groups excluding tert-OH is 1. The minimum atomic E-state index is -0.226. The van der Waals surface area contributed by atoms with Gasteiger partial charge in [-0.25, -0.2) is 0 Å². The summed E-state index contributed by atoms with van der Waals surface area (Å²) in [6.07, 6.45) is 2.35. The van der Waals surface area contributed by atoms with Crippen molar-refractivity contribution in [1.82, 2.24) is 15.1 Å². The molecule has 5 nitrogen and oxygen atoms in total. The summed E-state index contributed by atoms with van der Waals surface area (Å²) in [5.41, 5.74) is 1.16. The second kappa shape index (κ2) is 6.15. The van der Waals surface area contributed by atoms with Gasteiger partial charge in [0, 0.05) is 6.54 Å². The molecule has 1 saturated heterocycles. The van der Waals surface area contributed by atoms with E-state index in [9.17, 15) is 5.11 Å². The lowest BCUT2D eigenvalue weighted by Crippen LogP contribution is -2.37. The second-order valence-electron chi connectivity index (χ2n) is 5.28. The minimum Gasteiger partial charge on any atom is -0.424 e. The zero-order chi connectivity index (χ0) is 13.8. The van der Waals surface area contributed by atoms with Gasteiger partial charge in [0.2, 0.25) is 11.8 Å². The molecular weight excluding hydrogens is 254 g/mol. The Balaban J connectivity index is 1.59. The topological polar surface area (TPSA) is 62.4 Å². The normalized spacial score (nSPS) is 20.1. The summed E-state index contributed by atoms with van der Waals surface area (Å²) >= 11 is 0. The first kappa shape index (κ1) is 13.3. The molecule has 0 amide bonds. The molecule has 1 fully saturated rings. The summed E-state index contributed by atoms with van der Waals surface area (Å²) < 4.78 is 5.68. The van der Waals surface area contributed by atoms with E-state index in [4.69, 9.17) is 4.42 Å². The van der Waals surface area contributed by atoms with Crippen LogP contribution in [-0.4, -0.2) is 39.4 Å². The largest absolute Gasteiger partial charge is 0.424 e. The van der Waals surface area contributed by atoms with Gasteiger partial charge in [-0.15, -0.1) is 10.2 Å². The maximum absolute atomic E-state index is 9.65. The highest BCUT2D eigenvalue weighted by Crippen LogP contribution is 2.14. The van der Waals surface area contributed by atoms with Crippen LogP contribution in [0.15, 0.2) is 34.7 Å². The number of hydrogen-bond acceptors (Lipinski definition) is 5. The summed E-state index contributed by atoms with van der Waals surface area (Å²) in [5, 5.41) is 17.8. The van der Waals surface area contributed by atoms with Crippen molar-refractivity contribution >= 4 is 0 Å². The Labute approximate surface area is 118 Å². The highest BCUT2D eigenvalue weighted by Gasteiger charge is 2.19. The zero-order valence-corrected chi connectivity index (χ0v) is 11.4. The van der Waals surface area contributed by atoms with Crippen LogP contribution in [0.2, 0.25) is 0 Å². The van der Waals surface area contributed by atoms with Crippen LogP contribution in [0.25, 0.3) is 0 Å². The van der Waals surface area contributed by atoms with E-state index in [-0.39, 0.29) is 6.10 Å². The minimum absolute atomic E-state index is 0.226. The van der Waals surface area contributed by atoms with Gasteiger partial charge in [0.05, 0.1) is 19.1 Å². The number of hydrogen-bond donors (Lipinski definition) is 1. The van der Waals surface area contributed by atoms with Gasteiger partial charge in [-0.1, -0.05) is 30.3 Å². The van der Waals surface area contributed by atoms with Gasteiger partial charge in [0.15, 0.2) is 0 Å². The summed E-state index contributed by atoms with van der Waals surface area (Å²) in [7, 11) is 0. The molecule has 2 heterocycles. The molecule has 0 bridgehead atoms. The van der Waals surface area contributed by atoms with E-state index in [2.05, 4.69) is 15.1 Å². The third-order valence-electron chi connectivity index (χ3n) is 3.55. The van der Waals surface area contributed by atoms with Gasteiger partial charge < -0.3 is 9.52 Å².